The first kappa shape index (κ1) is 23.7. The fraction of sp³-hybridized carbons (Fsp3) is 0.450. The van der Waals surface area contributed by atoms with Crippen molar-refractivity contribution >= 4 is 51.1 Å². The average Bonchev–Trinajstić information content (AvgIpc) is 3.05. The first-order valence-electron chi connectivity index (χ1n) is 9.23. The molecule has 1 N–H and O–H groups in total. The first-order chi connectivity index (χ1) is 13.7. The van der Waals surface area contributed by atoms with E-state index in [9.17, 15) is 9.59 Å². The average molecular weight is 501 g/mol. The van der Waals surface area contributed by atoms with Crippen LogP contribution in [0.2, 0.25) is 0 Å². The Labute approximate surface area is 187 Å². The lowest BCUT2D eigenvalue weighted by atomic mass is 10.2. The van der Waals surface area contributed by atoms with Crippen LogP contribution in [0.25, 0.3) is 0 Å². The molecule has 1 aromatic carbocycles. The molecule has 0 bridgehead atoms. The van der Waals surface area contributed by atoms with Crippen LogP contribution in [0.4, 0.5) is 4.79 Å². The van der Waals surface area contributed by atoms with Crippen LogP contribution in [-0.4, -0.2) is 29.3 Å². The molecule has 1 aromatic heterocycles. The highest BCUT2D eigenvalue weighted by molar-refractivity contribution is 9.10. The van der Waals surface area contributed by atoms with E-state index in [1.807, 2.05) is 39.8 Å². The monoisotopic (exact) mass is 500 g/mol. The van der Waals surface area contributed by atoms with Gasteiger partial charge in [-0.3, -0.25) is 0 Å². The summed E-state index contributed by atoms with van der Waals surface area (Å²) in [5.74, 6) is -0.326. The Kier molecular flexibility index (Phi) is 8.98. The van der Waals surface area contributed by atoms with Gasteiger partial charge in [-0.05, 0) is 45.4 Å². The van der Waals surface area contributed by atoms with Gasteiger partial charge in [0.05, 0.1) is 29.1 Å². The van der Waals surface area contributed by atoms with E-state index in [1.165, 1.54) is 23.1 Å². The molecule has 29 heavy (non-hydrogen) atoms. The van der Waals surface area contributed by atoms with E-state index < -0.39 is 11.7 Å². The topological polar surface area (TPSA) is 77.5 Å². The number of amides is 1. The summed E-state index contributed by atoms with van der Waals surface area (Å²) in [5, 5.41) is 3.47. The van der Waals surface area contributed by atoms with Crippen LogP contribution in [0.5, 0.6) is 0 Å². The van der Waals surface area contributed by atoms with E-state index in [0.29, 0.717) is 18.7 Å². The number of ether oxygens (including phenoxy) is 2. The van der Waals surface area contributed by atoms with Gasteiger partial charge in [-0.1, -0.05) is 41.0 Å². The van der Waals surface area contributed by atoms with Crippen LogP contribution in [0.15, 0.2) is 38.0 Å². The lowest BCUT2D eigenvalue weighted by Crippen LogP contribution is -2.32. The molecule has 2 rings (SSSR count). The molecule has 0 radical (unpaired) electrons. The summed E-state index contributed by atoms with van der Waals surface area (Å²) in [7, 11) is 0. The summed E-state index contributed by atoms with van der Waals surface area (Å²) in [5.41, 5.74) is -0.0290. The third kappa shape index (κ3) is 8.76. The minimum atomic E-state index is -0.538. The number of nitrogens with zero attached hydrogens (tertiary/aromatic N) is 1. The molecule has 6 nitrogen and oxygen atoms in total. The molecular weight excluding hydrogens is 476 g/mol. The number of esters is 1. The van der Waals surface area contributed by atoms with Crippen LogP contribution < -0.4 is 5.32 Å². The number of rotatable bonds is 8. The Bertz CT molecular complexity index is 849. The third-order valence-corrected chi connectivity index (χ3v) is 5.90. The number of thiazole rings is 1. The number of benzene rings is 1. The molecule has 0 saturated carbocycles. The van der Waals surface area contributed by atoms with Crippen molar-refractivity contribution in [1.29, 1.82) is 0 Å². The highest BCUT2D eigenvalue weighted by Crippen LogP contribution is 2.34. The molecule has 158 valence electrons. The van der Waals surface area contributed by atoms with E-state index in [0.717, 1.165) is 31.4 Å². The van der Waals surface area contributed by atoms with Gasteiger partial charge in [0.25, 0.3) is 0 Å². The van der Waals surface area contributed by atoms with E-state index in [4.69, 9.17) is 9.47 Å². The largest absolute Gasteiger partial charge is 0.462 e. The van der Waals surface area contributed by atoms with Gasteiger partial charge in [0.2, 0.25) is 0 Å². The van der Waals surface area contributed by atoms with Crippen molar-refractivity contribution in [2.24, 2.45) is 0 Å². The predicted molar refractivity (Wildman–Crippen MR) is 119 cm³/mol. The molecular formula is C20H25BrN2O4S2. The molecule has 1 heterocycles. The minimum Gasteiger partial charge on any atom is -0.462 e. The second-order valence-electron chi connectivity index (χ2n) is 7.20. The molecule has 0 aliphatic heterocycles. The van der Waals surface area contributed by atoms with Crippen molar-refractivity contribution in [1.82, 2.24) is 10.3 Å². The number of halogens is 1. The summed E-state index contributed by atoms with van der Waals surface area (Å²) in [6, 6.07) is 5.50. The summed E-state index contributed by atoms with van der Waals surface area (Å²) in [4.78, 5) is 29.2. The van der Waals surface area contributed by atoms with Crippen molar-refractivity contribution in [2.75, 3.05) is 6.61 Å². The Morgan fingerprint density at radius 2 is 2.03 bits per heavy atom. The Morgan fingerprint density at radius 1 is 1.28 bits per heavy atom. The maximum atomic E-state index is 12.2. The highest BCUT2D eigenvalue weighted by Gasteiger charge is 2.16. The summed E-state index contributed by atoms with van der Waals surface area (Å²) in [6.07, 6.45) is 3.10. The zero-order valence-corrected chi connectivity index (χ0v) is 20.1. The van der Waals surface area contributed by atoms with Crippen LogP contribution in [0.1, 0.15) is 55.9 Å². The van der Waals surface area contributed by atoms with Gasteiger partial charge in [0.1, 0.15) is 10.6 Å². The van der Waals surface area contributed by atoms with Crippen LogP contribution >= 0.6 is 39.0 Å². The maximum absolute atomic E-state index is 12.2. The van der Waals surface area contributed by atoms with E-state index in [1.54, 1.807) is 12.3 Å². The summed E-state index contributed by atoms with van der Waals surface area (Å²) < 4.78 is 12.3. The lowest BCUT2D eigenvalue weighted by molar-refractivity contribution is 0.0495. The standard InChI is InChI=1S/C20H25BrN2O4S2/c1-5-6-7-26-18(24)13-8-14(21)10-15(9-13)28-17-12-22-16(29-17)11-23-19(25)27-20(2,3)4/h8-10,12H,5-7,11H2,1-4H3,(H,23,25). The molecule has 1 amide bonds. The molecule has 0 fully saturated rings. The Balaban J connectivity index is 1.96. The number of nitrogens with one attached hydrogen (secondary N) is 1. The van der Waals surface area contributed by atoms with Crippen molar-refractivity contribution in [3.05, 3.63) is 39.4 Å². The smallest absolute Gasteiger partial charge is 0.408 e. The second-order valence-corrected chi connectivity index (χ2v) is 10.6. The fourth-order valence-corrected chi connectivity index (χ4v) is 4.82. The van der Waals surface area contributed by atoms with Gasteiger partial charge >= 0.3 is 12.1 Å². The fourth-order valence-electron chi connectivity index (χ4n) is 2.13. The first-order valence-corrected chi connectivity index (χ1v) is 11.7. The molecule has 0 unspecified atom stereocenters. The van der Waals surface area contributed by atoms with E-state index >= 15 is 0 Å². The maximum Gasteiger partial charge on any atom is 0.408 e. The van der Waals surface area contributed by atoms with E-state index in [-0.39, 0.29) is 5.97 Å². The van der Waals surface area contributed by atoms with Gasteiger partial charge in [0.15, 0.2) is 0 Å². The molecule has 0 saturated heterocycles. The lowest BCUT2D eigenvalue weighted by Gasteiger charge is -2.19. The number of carbonyl (C=O) groups excluding carboxylic acids is 2. The molecule has 0 spiro atoms. The van der Waals surface area contributed by atoms with Crippen molar-refractivity contribution < 1.29 is 19.1 Å². The molecule has 0 aliphatic rings. The van der Waals surface area contributed by atoms with Gasteiger partial charge in [-0.15, -0.1) is 11.3 Å². The quantitative estimate of drug-likeness (QED) is 0.351. The van der Waals surface area contributed by atoms with Gasteiger partial charge < -0.3 is 14.8 Å². The van der Waals surface area contributed by atoms with Crippen LogP contribution in [0, 0.1) is 0 Å². The number of unbranched alkanes of at least 4 members (excludes halogenated alkanes) is 1. The number of aromatic nitrogens is 1. The highest BCUT2D eigenvalue weighted by atomic mass is 79.9. The summed E-state index contributed by atoms with van der Waals surface area (Å²) >= 11 is 6.43. The number of hydrogen-bond acceptors (Lipinski definition) is 7. The normalized spacial score (nSPS) is 11.2. The van der Waals surface area contributed by atoms with Crippen LogP contribution in [0.3, 0.4) is 0 Å². The molecule has 2 aromatic rings. The van der Waals surface area contributed by atoms with Gasteiger partial charge in [0, 0.05) is 9.37 Å². The molecule has 0 aliphatic carbocycles. The number of carbonyl (C=O) groups is 2. The van der Waals surface area contributed by atoms with Crippen molar-refractivity contribution in [2.45, 2.75) is 61.8 Å². The third-order valence-electron chi connectivity index (χ3n) is 3.37. The summed E-state index contributed by atoms with van der Waals surface area (Å²) in [6.45, 7) is 8.22. The van der Waals surface area contributed by atoms with Crippen molar-refractivity contribution in [3.63, 3.8) is 0 Å². The van der Waals surface area contributed by atoms with Gasteiger partial charge in [-0.2, -0.15) is 0 Å². The number of hydrogen-bond donors (Lipinski definition) is 1. The second kappa shape index (κ2) is 11.0. The minimum absolute atomic E-state index is 0.299. The Hall–Kier alpha value is -1.58. The predicted octanol–water partition coefficient (Wildman–Crippen LogP) is 6.04. The zero-order valence-electron chi connectivity index (χ0n) is 16.9. The van der Waals surface area contributed by atoms with E-state index in [2.05, 4.69) is 26.2 Å². The SMILES string of the molecule is CCCCOC(=O)c1cc(Br)cc(Sc2cnc(CNC(=O)OC(C)(C)C)s2)c1. The van der Waals surface area contributed by atoms with Gasteiger partial charge in [-0.25, -0.2) is 14.6 Å². The molecule has 9 heteroatoms. The number of alkyl carbamates (subject to hydrolysis) is 1. The van der Waals surface area contributed by atoms with Crippen molar-refractivity contribution in [3.8, 4) is 0 Å². The Morgan fingerprint density at radius 3 is 2.72 bits per heavy atom. The zero-order chi connectivity index (χ0) is 21.4. The molecule has 0 atom stereocenters. The van der Waals surface area contributed by atoms with Crippen LogP contribution in [-0.2, 0) is 16.0 Å².